The molecular weight excluding hydrogens is 310 g/mol. The van der Waals surface area contributed by atoms with E-state index in [1.165, 1.54) is 5.56 Å². The van der Waals surface area contributed by atoms with E-state index in [0.717, 1.165) is 31.0 Å². The molecule has 3 heterocycles. The molecule has 2 aromatic rings. The summed E-state index contributed by atoms with van der Waals surface area (Å²) in [6.07, 6.45) is 3.60. The maximum Gasteiger partial charge on any atom is 0.284 e. The molecule has 0 unspecified atom stereocenters. The van der Waals surface area contributed by atoms with Crippen LogP contribution < -0.4 is 0 Å². The van der Waals surface area contributed by atoms with Crippen LogP contribution in [-0.4, -0.2) is 57.1 Å². The third kappa shape index (κ3) is 3.55. The average molecular weight is 324 g/mol. The van der Waals surface area contributed by atoms with Crippen molar-refractivity contribution in [2.45, 2.75) is 6.54 Å². The van der Waals surface area contributed by atoms with Crippen LogP contribution in [0.3, 0.4) is 0 Å². The second-order valence-electron chi connectivity index (χ2n) is 4.78. The first-order chi connectivity index (χ1) is 10.2. The first-order valence-corrected chi connectivity index (χ1v) is 7.81. The van der Waals surface area contributed by atoms with Crippen LogP contribution in [0.2, 0.25) is 4.47 Å². The second kappa shape index (κ2) is 6.46. The van der Waals surface area contributed by atoms with Gasteiger partial charge in [0.15, 0.2) is 0 Å². The molecule has 8 heteroatoms. The molecule has 0 spiro atoms. The normalized spacial score (nSPS) is 16.1. The average Bonchev–Trinajstić information content (AvgIpc) is 2.95. The summed E-state index contributed by atoms with van der Waals surface area (Å²) in [5.74, 6) is -0.0806. The van der Waals surface area contributed by atoms with Gasteiger partial charge in [0.2, 0.25) is 9.47 Å². The monoisotopic (exact) mass is 323 g/mol. The molecule has 21 heavy (non-hydrogen) atoms. The van der Waals surface area contributed by atoms with Crippen LogP contribution in [0.15, 0.2) is 24.5 Å². The summed E-state index contributed by atoms with van der Waals surface area (Å²) in [6, 6.07) is 4.03. The number of amides is 1. The molecule has 0 atom stereocenters. The van der Waals surface area contributed by atoms with Gasteiger partial charge in [0.25, 0.3) is 5.91 Å². The lowest BCUT2D eigenvalue weighted by atomic mass is 10.2. The van der Waals surface area contributed by atoms with Crippen LogP contribution in [0.25, 0.3) is 0 Å². The molecule has 0 N–H and O–H groups in total. The quantitative estimate of drug-likeness (QED) is 0.857. The fourth-order valence-electron chi connectivity index (χ4n) is 2.28. The van der Waals surface area contributed by atoms with E-state index in [2.05, 4.69) is 20.1 Å². The number of carbonyl (C=O) groups excluding carboxylic acids is 1. The minimum atomic E-state index is -0.0806. The molecule has 6 nitrogen and oxygen atoms in total. The number of carbonyl (C=O) groups is 1. The zero-order valence-electron chi connectivity index (χ0n) is 11.3. The van der Waals surface area contributed by atoms with E-state index in [9.17, 15) is 4.79 Å². The SMILES string of the molecule is O=C(c1nnc(Cl)s1)N1CCN(Cc2ccncc2)CC1. The summed E-state index contributed by atoms with van der Waals surface area (Å²) in [4.78, 5) is 20.4. The Bertz CT molecular complexity index is 612. The van der Waals surface area contributed by atoms with Crippen molar-refractivity contribution in [1.29, 1.82) is 0 Å². The van der Waals surface area contributed by atoms with Gasteiger partial charge >= 0.3 is 0 Å². The Morgan fingerprint density at radius 1 is 1.19 bits per heavy atom. The predicted octanol–water partition coefficient (Wildman–Crippen LogP) is 1.54. The summed E-state index contributed by atoms with van der Waals surface area (Å²) in [5.41, 5.74) is 1.24. The fourth-order valence-corrected chi connectivity index (χ4v) is 3.08. The smallest absolute Gasteiger partial charge is 0.284 e. The minimum absolute atomic E-state index is 0.0806. The van der Waals surface area contributed by atoms with Gasteiger partial charge < -0.3 is 4.90 Å². The number of halogens is 1. The van der Waals surface area contributed by atoms with Gasteiger partial charge in [0.1, 0.15) is 0 Å². The summed E-state index contributed by atoms with van der Waals surface area (Å²) < 4.78 is 0.301. The van der Waals surface area contributed by atoms with E-state index < -0.39 is 0 Å². The Labute approximate surface area is 131 Å². The maximum absolute atomic E-state index is 12.2. The van der Waals surface area contributed by atoms with Crippen molar-refractivity contribution in [3.63, 3.8) is 0 Å². The Balaban J connectivity index is 1.54. The van der Waals surface area contributed by atoms with Crippen LogP contribution in [0.5, 0.6) is 0 Å². The molecule has 2 aromatic heterocycles. The fraction of sp³-hybridized carbons (Fsp3) is 0.385. The molecule has 1 amide bonds. The third-order valence-electron chi connectivity index (χ3n) is 3.40. The van der Waals surface area contributed by atoms with Gasteiger partial charge in [-0.25, -0.2) is 0 Å². The van der Waals surface area contributed by atoms with E-state index in [4.69, 9.17) is 11.6 Å². The van der Waals surface area contributed by atoms with E-state index in [-0.39, 0.29) is 5.91 Å². The molecule has 0 saturated carbocycles. The lowest BCUT2D eigenvalue weighted by molar-refractivity contribution is 0.0627. The number of piperazine rings is 1. The highest BCUT2D eigenvalue weighted by Gasteiger charge is 2.24. The Hall–Kier alpha value is -1.57. The largest absolute Gasteiger partial charge is 0.334 e. The number of hydrogen-bond donors (Lipinski definition) is 0. The van der Waals surface area contributed by atoms with Crippen molar-refractivity contribution in [2.24, 2.45) is 0 Å². The van der Waals surface area contributed by atoms with Crippen molar-refractivity contribution in [2.75, 3.05) is 26.2 Å². The van der Waals surface area contributed by atoms with Crippen molar-refractivity contribution >= 4 is 28.8 Å². The highest BCUT2D eigenvalue weighted by atomic mass is 35.5. The lowest BCUT2D eigenvalue weighted by Gasteiger charge is -2.34. The molecule has 1 aliphatic heterocycles. The molecule has 1 fully saturated rings. The Morgan fingerprint density at radius 2 is 1.90 bits per heavy atom. The topological polar surface area (TPSA) is 62.2 Å². The number of nitrogens with zero attached hydrogens (tertiary/aromatic N) is 5. The molecule has 110 valence electrons. The van der Waals surface area contributed by atoms with E-state index in [1.54, 1.807) is 17.3 Å². The first-order valence-electron chi connectivity index (χ1n) is 6.62. The molecular formula is C13H14ClN5OS. The van der Waals surface area contributed by atoms with Gasteiger partial charge in [-0.05, 0) is 29.3 Å². The van der Waals surface area contributed by atoms with Crippen LogP contribution >= 0.6 is 22.9 Å². The second-order valence-corrected chi connectivity index (χ2v) is 6.34. The zero-order chi connectivity index (χ0) is 14.7. The van der Waals surface area contributed by atoms with Crippen LogP contribution in [-0.2, 0) is 6.54 Å². The first kappa shape index (κ1) is 14.4. The Morgan fingerprint density at radius 3 is 2.52 bits per heavy atom. The molecule has 0 bridgehead atoms. The van der Waals surface area contributed by atoms with Crippen LogP contribution in [0.4, 0.5) is 0 Å². The highest BCUT2D eigenvalue weighted by molar-refractivity contribution is 7.17. The molecule has 0 aromatic carbocycles. The molecule has 0 radical (unpaired) electrons. The van der Waals surface area contributed by atoms with Crippen molar-refractivity contribution in [3.8, 4) is 0 Å². The van der Waals surface area contributed by atoms with Crippen LogP contribution in [0, 0.1) is 0 Å². The summed E-state index contributed by atoms with van der Waals surface area (Å²) in [5, 5.41) is 7.84. The van der Waals surface area contributed by atoms with Gasteiger partial charge in [0, 0.05) is 45.1 Å². The third-order valence-corrected chi connectivity index (χ3v) is 4.41. The summed E-state index contributed by atoms with van der Waals surface area (Å²) in [7, 11) is 0. The number of rotatable bonds is 3. The van der Waals surface area contributed by atoms with Gasteiger partial charge in [-0.2, -0.15) is 0 Å². The highest BCUT2D eigenvalue weighted by Crippen LogP contribution is 2.17. The van der Waals surface area contributed by atoms with Crippen LogP contribution in [0.1, 0.15) is 15.4 Å². The Kier molecular flexibility index (Phi) is 4.42. The lowest BCUT2D eigenvalue weighted by Crippen LogP contribution is -2.48. The van der Waals surface area contributed by atoms with Crippen molar-refractivity contribution < 1.29 is 4.79 Å². The number of hydrogen-bond acceptors (Lipinski definition) is 6. The van der Waals surface area contributed by atoms with E-state index in [0.29, 0.717) is 22.6 Å². The molecule has 1 saturated heterocycles. The van der Waals surface area contributed by atoms with E-state index in [1.807, 2.05) is 12.1 Å². The maximum atomic E-state index is 12.2. The molecule has 0 aliphatic carbocycles. The summed E-state index contributed by atoms with van der Waals surface area (Å²) in [6.45, 7) is 3.97. The summed E-state index contributed by atoms with van der Waals surface area (Å²) >= 11 is 6.84. The zero-order valence-corrected chi connectivity index (χ0v) is 12.8. The molecule has 3 rings (SSSR count). The number of aromatic nitrogens is 3. The van der Waals surface area contributed by atoms with Gasteiger partial charge in [-0.1, -0.05) is 11.3 Å². The predicted molar refractivity (Wildman–Crippen MR) is 80.3 cm³/mol. The van der Waals surface area contributed by atoms with Crippen molar-refractivity contribution in [1.82, 2.24) is 25.0 Å². The standard InChI is InChI=1S/C13H14ClN5OS/c14-13-17-16-11(21-13)12(20)19-7-5-18(6-8-19)9-10-1-3-15-4-2-10/h1-4H,5-9H2. The van der Waals surface area contributed by atoms with Gasteiger partial charge in [0.05, 0.1) is 0 Å². The number of pyridine rings is 1. The van der Waals surface area contributed by atoms with Gasteiger partial charge in [-0.3, -0.25) is 14.7 Å². The van der Waals surface area contributed by atoms with Gasteiger partial charge in [-0.15, -0.1) is 10.2 Å². The molecule has 1 aliphatic rings. The van der Waals surface area contributed by atoms with E-state index >= 15 is 0 Å². The van der Waals surface area contributed by atoms with Crippen molar-refractivity contribution in [3.05, 3.63) is 39.6 Å². The minimum Gasteiger partial charge on any atom is -0.334 e.